The summed E-state index contributed by atoms with van der Waals surface area (Å²) in [7, 11) is 0. The molecule has 0 aliphatic carbocycles. The van der Waals surface area contributed by atoms with E-state index in [0.717, 1.165) is 37.6 Å². The van der Waals surface area contributed by atoms with E-state index in [4.69, 9.17) is 11.5 Å². The molecule has 24 heavy (non-hydrogen) atoms. The zero-order valence-corrected chi connectivity index (χ0v) is 15.2. The van der Waals surface area contributed by atoms with Gasteiger partial charge in [-0.1, -0.05) is 0 Å². The van der Waals surface area contributed by atoms with Crippen molar-refractivity contribution in [2.24, 2.45) is 0 Å². The average Bonchev–Trinajstić information content (AvgIpc) is 2.58. The number of nitrogen functional groups attached to an aromatic ring is 2. The molecule has 4 heteroatoms. The van der Waals surface area contributed by atoms with E-state index in [1.807, 2.05) is 12.1 Å². The van der Waals surface area contributed by atoms with Gasteiger partial charge < -0.3 is 21.3 Å². The van der Waals surface area contributed by atoms with Gasteiger partial charge in [-0.15, -0.1) is 0 Å². The van der Waals surface area contributed by atoms with E-state index in [1.54, 1.807) is 0 Å². The lowest BCUT2D eigenvalue weighted by atomic mass is 10.0. The summed E-state index contributed by atoms with van der Waals surface area (Å²) in [5, 5.41) is 0. The first-order valence-corrected chi connectivity index (χ1v) is 8.61. The fourth-order valence-electron chi connectivity index (χ4n) is 3.53. The van der Waals surface area contributed by atoms with Gasteiger partial charge in [0.25, 0.3) is 0 Å². The van der Waals surface area contributed by atoms with Gasteiger partial charge in [-0.2, -0.15) is 0 Å². The molecule has 0 unspecified atom stereocenters. The Bertz CT molecular complexity index is 693. The smallest absolute Gasteiger partial charge is 0.0401 e. The topological polar surface area (TPSA) is 58.5 Å². The van der Waals surface area contributed by atoms with Gasteiger partial charge in [0, 0.05) is 48.9 Å². The maximum Gasteiger partial charge on any atom is 0.0401 e. The molecular formula is C20H28N4. The molecule has 0 saturated carbocycles. The van der Waals surface area contributed by atoms with Gasteiger partial charge in [-0.25, -0.2) is 0 Å². The first kappa shape index (κ1) is 16.5. The second-order valence-electron chi connectivity index (χ2n) is 6.82. The zero-order chi connectivity index (χ0) is 17.4. The fourth-order valence-corrected chi connectivity index (χ4v) is 3.53. The molecule has 0 bridgehead atoms. The van der Waals surface area contributed by atoms with Crippen LogP contribution in [0.1, 0.15) is 22.3 Å². The Labute approximate surface area is 145 Å². The Kier molecular flexibility index (Phi) is 4.31. The quantitative estimate of drug-likeness (QED) is 0.831. The Balaban J connectivity index is 1.77. The number of hydrogen-bond acceptors (Lipinski definition) is 4. The van der Waals surface area contributed by atoms with E-state index in [-0.39, 0.29) is 0 Å². The zero-order valence-electron chi connectivity index (χ0n) is 15.2. The van der Waals surface area contributed by atoms with Gasteiger partial charge in [-0.05, 0) is 74.2 Å². The van der Waals surface area contributed by atoms with Crippen LogP contribution in [0.2, 0.25) is 0 Å². The van der Waals surface area contributed by atoms with E-state index in [2.05, 4.69) is 49.6 Å². The highest BCUT2D eigenvalue weighted by atomic mass is 15.3. The number of hydrogen-bond donors (Lipinski definition) is 2. The van der Waals surface area contributed by atoms with Gasteiger partial charge >= 0.3 is 0 Å². The number of piperazine rings is 1. The molecule has 3 rings (SSSR count). The van der Waals surface area contributed by atoms with Crippen LogP contribution in [0.4, 0.5) is 22.7 Å². The highest BCUT2D eigenvalue weighted by Gasteiger charge is 2.21. The lowest BCUT2D eigenvalue weighted by Gasteiger charge is -2.39. The third-order valence-corrected chi connectivity index (χ3v) is 5.56. The van der Waals surface area contributed by atoms with Gasteiger partial charge in [0.1, 0.15) is 0 Å². The summed E-state index contributed by atoms with van der Waals surface area (Å²) in [6.45, 7) is 12.6. The highest BCUT2D eigenvalue weighted by molar-refractivity contribution is 5.67. The monoisotopic (exact) mass is 324 g/mol. The van der Waals surface area contributed by atoms with E-state index < -0.39 is 0 Å². The SMILES string of the molecule is Cc1c(N)ccc(N2CCN(c3ccc(N)c(C)c3C)CC2)c1C. The van der Waals surface area contributed by atoms with Crippen molar-refractivity contribution >= 4 is 22.7 Å². The molecule has 1 aliphatic heterocycles. The van der Waals surface area contributed by atoms with E-state index in [9.17, 15) is 0 Å². The normalized spacial score (nSPS) is 15.0. The highest BCUT2D eigenvalue weighted by Crippen LogP contribution is 2.31. The summed E-state index contributed by atoms with van der Waals surface area (Å²) in [5.74, 6) is 0. The second-order valence-corrected chi connectivity index (χ2v) is 6.82. The summed E-state index contributed by atoms with van der Waals surface area (Å²) < 4.78 is 0. The molecule has 0 spiro atoms. The van der Waals surface area contributed by atoms with Crippen molar-refractivity contribution in [2.45, 2.75) is 27.7 Å². The largest absolute Gasteiger partial charge is 0.399 e. The van der Waals surface area contributed by atoms with E-state index >= 15 is 0 Å². The van der Waals surface area contributed by atoms with Crippen LogP contribution in [-0.2, 0) is 0 Å². The number of benzene rings is 2. The van der Waals surface area contributed by atoms with E-state index in [1.165, 1.54) is 33.6 Å². The van der Waals surface area contributed by atoms with Gasteiger partial charge in [0.15, 0.2) is 0 Å². The molecule has 0 atom stereocenters. The standard InChI is InChI=1S/C20H28N4/c1-13-15(3)19(7-5-17(13)21)23-9-11-24(12-10-23)20-8-6-18(22)14(2)16(20)4/h5-8H,9-12,21-22H2,1-4H3. The van der Waals surface area contributed by atoms with Crippen LogP contribution in [0, 0.1) is 27.7 Å². The van der Waals surface area contributed by atoms with Crippen molar-refractivity contribution in [3.63, 3.8) is 0 Å². The number of rotatable bonds is 2. The molecule has 1 aliphatic rings. The lowest BCUT2D eigenvalue weighted by molar-refractivity contribution is 0.651. The van der Waals surface area contributed by atoms with Crippen LogP contribution in [0.3, 0.4) is 0 Å². The van der Waals surface area contributed by atoms with Crippen LogP contribution in [-0.4, -0.2) is 26.2 Å². The predicted octanol–water partition coefficient (Wildman–Crippen LogP) is 3.41. The molecule has 2 aromatic rings. The summed E-state index contributed by atoms with van der Waals surface area (Å²) in [5.41, 5.74) is 21.4. The van der Waals surface area contributed by atoms with Crippen molar-refractivity contribution in [2.75, 3.05) is 47.4 Å². The lowest BCUT2D eigenvalue weighted by Crippen LogP contribution is -2.47. The molecule has 1 fully saturated rings. The summed E-state index contributed by atoms with van der Waals surface area (Å²) in [4.78, 5) is 4.94. The van der Waals surface area contributed by atoms with Gasteiger partial charge in [-0.3, -0.25) is 0 Å². The maximum absolute atomic E-state index is 6.02. The average molecular weight is 324 g/mol. The van der Waals surface area contributed by atoms with Crippen molar-refractivity contribution in [1.82, 2.24) is 0 Å². The first-order chi connectivity index (χ1) is 11.4. The van der Waals surface area contributed by atoms with E-state index in [0.29, 0.717) is 0 Å². The number of nitrogens with zero attached hydrogens (tertiary/aromatic N) is 2. The molecule has 0 radical (unpaired) electrons. The van der Waals surface area contributed by atoms with Crippen molar-refractivity contribution in [3.05, 3.63) is 46.5 Å². The second kappa shape index (κ2) is 6.27. The summed E-state index contributed by atoms with van der Waals surface area (Å²) in [6, 6.07) is 8.37. The number of anilines is 4. The van der Waals surface area contributed by atoms with Gasteiger partial charge in [0.05, 0.1) is 0 Å². The van der Waals surface area contributed by atoms with Gasteiger partial charge in [0.2, 0.25) is 0 Å². The predicted molar refractivity (Wildman–Crippen MR) is 105 cm³/mol. The summed E-state index contributed by atoms with van der Waals surface area (Å²) in [6.07, 6.45) is 0. The minimum absolute atomic E-state index is 0.878. The molecule has 1 heterocycles. The Morgan fingerprint density at radius 3 is 1.25 bits per heavy atom. The van der Waals surface area contributed by atoms with Crippen molar-refractivity contribution in [1.29, 1.82) is 0 Å². The summed E-state index contributed by atoms with van der Waals surface area (Å²) >= 11 is 0. The van der Waals surface area contributed by atoms with Crippen molar-refractivity contribution in [3.8, 4) is 0 Å². The minimum Gasteiger partial charge on any atom is -0.399 e. The Morgan fingerprint density at radius 1 is 0.583 bits per heavy atom. The first-order valence-electron chi connectivity index (χ1n) is 8.61. The molecule has 128 valence electrons. The van der Waals surface area contributed by atoms with Crippen LogP contribution in [0.5, 0.6) is 0 Å². The Morgan fingerprint density at radius 2 is 0.917 bits per heavy atom. The van der Waals surface area contributed by atoms with Crippen LogP contribution < -0.4 is 21.3 Å². The third kappa shape index (κ3) is 2.77. The number of nitrogens with two attached hydrogens (primary N) is 2. The molecule has 1 saturated heterocycles. The molecule has 0 aromatic heterocycles. The van der Waals surface area contributed by atoms with Crippen LogP contribution in [0.15, 0.2) is 24.3 Å². The molecule has 2 aromatic carbocycles. The van der Waals surface area contributed by atoms with Crippen molar-refractivity contribution < 1.29 is 0 Å². The fraction of sp³-hybridized carbons (Fsp3) is 0.400. The Hall–Kier alpha value is -2.36. The van der Waals surface area contributed by atoms with Crippen LogP contribution >= 0.6 is 0 Å². The molecule has 4 N–H and O–H groups in total. The molecular weight excluding hydrogens is 296 g/mol. The van der Waals surface area contributed by atoms with Crippen LogP contribution in [0.25, 0.3) is 0 Å². The third-order valence-electron chi connectivity index (χ3n) is 5.56. The minimum atomic E-state index is 0.878. The molecule has 4 nitrogen and oxygen atoms in total. The molecule has 0 amide bonds. The maximum atomic E-state index is 6.02.